The summed E-state index contributed by atoms with van der Waals surface area (Å²) in [5.41, 5.74) is 2.79. The number of aromatic amines is 1. The van der Waals surface area contributed by atoms with E-state index in [1.54, 1.807) is 12.5 Å². The molecule has 4 rings (SSSR count). The highest BCUT2D eigenvalue weighted by atomic mass is 16.7. The van der Waals surface area contributed by atoms with E-state index in [4.69, 9.17) is 9.47 Å². The van der Waals surface area contributed by atoms with Crippen molar-refractivity contribution in [2.75, 3.05) is 6.79 Å². The van der Waals surface area contributed by atoms with E-state index >= 15 is 0 Å². The number of hydrogen-bond donors (Lipinski definition) is 1. The van der Waals surface area contributed by atoms with E-state index < -0.39 is 0 Å². The molecule has 2 aromatic heterocycles. The second-order valence-electron chi connectivity index (χ2n) is 4.53. The molecule has 1 aliphatic heterocycles. The van der Waals surface area contributed by atoms with E-state index in [0.29, 0.717) is 0 Å². The molecule has 0 spiro atoms. The fraction of sp³-hybridized carbons (Fsp3) is 0.143. The molecule has 0 aliphatic carbocycles. The zero-order chi connectivity index (χ0) is 13.5. The van der Waals surface area contributed by atoms with Crippen LogP contribution in [0.3, 0.4) is 0 Å². The summed E-state index contributed by atoms with van der Waals surface area (Å²) in [5, 5.41) is 0. The van der Waals surface area contributed by atoms with Gasteiger partial charge in [-0.3, -0.25) is 4.57 Å². The SMILES string of the molecule is Cc1[nH]cnc1-c1nccn1-c1ccc2c(c1)OCO2. The molecule has 0 fully saturated rings. The molecule has 6 heteroatoms. The summed E-state index contributed by atoms with van der Waals surface area (Å²) in [7, 11) is 0. The Kier molecular flexibility index (Phi) is 2.29. The third-order valence-electron chi connectivity index (χ3n) is 3.32. The lowest BCUT2D eigenvalue weighted by molar-refractivity contribution is 0.174. The van der Waals surface area contributed by atoms with Crippen molar-refractivity contribution in [1.82, 2.24) is 19.5 Å². The van der Waals surface area contributed by atoms with E-state index in [2.05, 4.69) is 15.0 Å². The molecule has 0 amide bonds. The number of aryl methyl sites for hydroxylation is 1. The Bertz CT molecular complexity index is 775. The smallest absolute Gasteiger partial charge is 0.231 e. The van der Waals surface area contributed by atoms with Gasteiger partial charge in [-0.1, -0.05) is 0 Å². The van der Waals surface area contributed by atoms with Crippen molar-refractivity contribution >= 4 is 0 Å². The molecule has 1 N–H and O–H groups in total. The van der Waals surface area contributed by atoms with Gasteiger partial charge in [-0.15, -0.1) is 0 Å². The van der Waals surface area contributed by atoms with Gasteiger partial charge in [0.15, 0.2) is 17.3 Å². The first-order valence-corrected chi connectivity index (χ1v) is 6.26. The first-order chi connectivity index (χ1) is 9.83. The Balaban J connectivity index is 1.84. The monoisotopic (exact) mass is 268 g/mol. The van der Waals surface area contributed by atoms with Gasteiger partial charge in [-0.25, -0.2) is 9.97 Å². The van der Waals surface area contributed by atoms with Gasteiger partial charge in [0.2, 0.25) is 6.79 Å². The Morgan fingerprint density at radius 1 is 1.20 bits per heavy atom. The first kappa shape index (κ1) is 11.1. The zero-order valence-corrected chi connectivity index (χ0v) is 10.8. The predicted molar refractivity (Wildman–Crippen MR) is 72.0 cm³/mol. The molecule has 100 valence electrons. The van der Waals surface area contributed by atoms with Gasteiger partial charge < -0.3 is 14.5 Å². The van der Waals surface area contributed by atoms with E-state index in [-0.39, 0.29) is 6.79 Å². The summed E-state index contributed by atoms with van der Waals surface area (Å²) in [5.74, 6) is 2.31. The van der Waals surface area contributed by atoms with Crippen molar-refractivity contribution in [1.29, 1.82) is 0 Å². The van der Waals surface area contributed by atoms with Crippen LogP contribution in [0.4, 0.5) is 0 Å². The molecule has 3 aromatic rings. The average molecular weight is 268 g/mol. The van der Waals surface area contributed by atoms with Crippen molar-refractivity contribution in [3.8, 4) is 28.7 Å². The minimum atomic E-state index is 0.272. The lowest BCUT2D eigenvalue weighted by Gasteiger charge is -2.07. The number of imidazole rings is 2. The molecule has 0 saturated heterocycles. The number of rotatable bonds is 2. The van der Waals surface area contributed by atoms with E-state index in [0.717, 1.165) is 34.4 Å². The van der Waals surface area contributed by atoms with Gasteiger partial charge in [-0.05, 0) is 19.1 Å². The number of nitrogens with zero attached hydrogens (tertiary/aromatic N) is 3. The highest BCUT2D eigenvalue weighted by molar-refractivity contribution is 5.58. The number of nitrogens with one attached hydrogen (secondary N) is 1. The van der Waals surface area contributed by atoms with Gasteiger partial charge in [0.25, 0.3) is 0 Å². The number of benzene rings is 1. The molecule has 0 unspecified atom stereocenters. The highest BCUT2D eigenvalue weighted by Gasteiger charge is 2.17. The second kappa shape index (κ2) is 4.12. The maximum atomic E-state index is 5.41. The normalized spacial score (nSPS) is 12.8. The fourth-order valence-electron chi connectivity index (χ4n) is 2.31. The van der Waals surface area contributed by atoms with Crippen LogP contribution in [0.2, 0.25) is 0 Å². The Morgan fingerprint density at radius 2 is 2.10 bits per heavy atom. The van der Waals surface area contributed by atoms with Crippen LogP contribution >= 0.6 is 0 Å². The molecule has 20 heavy (non-hydrogen) atoms. The van der Waals surface area contributed by atoms with Gasteiger partial charge in [-0.2, -0.15) is 0 Å². The predicted octanol–water partition coefficient (Wildman–Crippen LogP) is 2.30. The number of aromatic nitrogens is 4. The van der Waals surface area contributed by atoms with Gasteiger partial charge >= 0.3 is 0 Å². The molecule has 6 nitrogen and oxygen atoms in total. The average Bonchev–Trinajstić information content (AvgIpc) is 3.16. The number of ether oxygens (including phenoxy) is 2. The third kappa shape index (κ3) is 1.58. The van der Waals surface area contributed by atoms with Crippen LogP contribution in [-0.4, -0.2) is 26.3 Å². The number of fused-ring (bicyclic) bond motifs is 1. The fourth-order valence-corrected chi connectivity index (χ4v) is 2.31. The van der Waals surface area contributed by atoms with Crippen molar-refractivity contribution in [2.45, 2.75) is 6.92 Å². The van der Waals surface area contributed by atoms with Crippen molar-refractivity contribution in [2.24, 2.45) is 0 Å². The summed E-state index contributed by atoms with van der Waals surface area (Å²) in [6, 6.07) is 5.81. The Labute approximate surface area is 115 Å². The van der Waals surface area contributed by atoms with Gasteiger partial charge in [0.1, 0.15) is 5.69 Å². The third-order valence-corrected chi connectivity index (χ3v) is 3.32. The molecular weight excluding hydrogens is 256 g/mol. The molecule has 1 aromatic carbocycles. The summed E-state index contributed by atoms with van der Waals surface area (Å²) in [6.07, 6.45) is 5.33. The Hall–Kier alpha value is -2.76. The first-order valence-electron chi connectivity index (χ1n) is 6.26. The topological polar surface area (TPSA) is 65.0 Å². The summed E-state index contributed by atoms with van der Waals surface area (Å²) in [6.45, 7) is 2.25. The van der Waals surface area contributed by atoms with Crippen LogP contribution in [-0.2, 0) is 0 Å². The van der Waals surface area contributed by atoms with Crippen molar-refractivity contribution in [3.05, 3.63) is 42.6 Å². The summed E-state index contributed by atoms with van der Waals surface area (Å²) < 4.78 is 12.7. The van der Waals surface area contributed by atoms with Crippen LogP contribution in [0, 0.1) is 6.92 Å². The maximum Gasteiger partial charge on any atom is 0.231 e. The quantitative estimate of drug-likeness (QED) is 0.774. The van der Waals surface area contributed by atoms with Gasteiger partial charge in [0, 0.05) is 24.2 Å². The number of hydrogen-bond acceptors (Lipinski definition) is 4. The molecule has 3 heterocycles. The molecule has 0 radical (unpaired) electrons. The van der Waals surface area contributed by atoms with Crippen LogP contribution < -0.4 is 9.47 Å². The standard InChI is InChI=1S/C14H12N4O2/c1-9-13(17-7-16-9)14-15-4-5-18(14)10-2-3-11-12(6-10)20-8-19-11/h2-7H,8H2,1H3,(H,16,17). The van der Waals surface area contributed by atoms with Crippen molar-refractivity contribution < 1.29 is 9.47 Å². The van der Waals surface area contributed by atoms with E-state index in [9.17, 15) is 0 Å². The lowest BCUT2D eigenvalue weighted by Crippen LogP contribution is -1.97. The summed E-state index contributed by atoms with van der Waals surface area (Å²) in [4.78, 5) is 11.8. The van der Waals surface area contributed by atoms with E-state index in [1.165, 1.54) is 0 Å². The molecule has 0 atom stereocenters. The molecule has 0 bridgehead atoms. The van der Waals surface area contributed by atoms with Crippen LogP contribution in [0.25, 0.3) is 17.2 Å². The Morgan fingerprint density at radius 3 is 2.95 bits per heavy atom. The van der Waals surface area contributed by atoms with Crippen LogP contribution in [0.15, 0.2) is 36.9 Å². The molecular formula is C14H12N4O2. The second-order valence-corrected chi connectivity index (χ2v) is 4.53. The largest absolute Gasteiger partial charge is 0.454 e. The molecule has 1 aliphatic rings. The van der Waals surface area contributed by atoms with E-state index in [1.807, 2.05) is 35.9 Å². The van der Waals surface area contributed by atoms with Gasteiger partial charge in [0.05, 0.1) is 12.0 Å². The minimum absolute atomic E-state index is 0.272. The minimum Gasteiger partial charge on any atom is -0.454 e. The summed E-state index contributed by atoms with van der Waals surface area (Å²) >= 11 is 0. The maximum absolute atomic E-state index is 5.41. The molecule has 0 saturated carbocycles. The van der Waals surface area contributed by atoms with Crippen molar-refractivity contribution in [3.63, 3.8) is 0 Å². The lowest BCUT2D eigenvalue weighted by atomic mass is 10.2. The van der Waals surface area contributed by atoms with Crippen LogP contribution in [0.5, 0.6) is 11.5 Å². The van der Waals surface area contributed by atoms with Crippen LogP contribution in [0.1, 0.15) is 5.69 Å². The zero-order valence-electron chi connectivity index (χ0n) is 10.8. The number of H-pyrrole nitrogens is 1. The highest BCUT2D eigenvalue weighted by Crippen LogP contribution is 2.34.